The van der Waals surface area contributed by atoms with Crippen molar-refractivity contribution in [1.82, 2.24) is 0 Å². The average Bonchev–Trinajstić information content (AvgIpc) is 3.35. The molecule has 0 heterocycles. The standard InChI is InChI=1S/C58H111O11P/c1-4-7-10-13-16-19-22-24-26-27-29-31-34-37-40-43-46-49-58(62)69-55(51-65-56(60)47-44-41-38-35-32-21-18-15-12-9-6-3)53-67-70(63,64)66-52-54(50-59)68-57(61)48-45-42-39-36-33-30-28-25-23-20-17-14-11-8-5-2/h15,18,54-55,59H,4-14,16-17,19-53H2,1-3H3,(H,63,64)/b18-15-. The largest absolute Gasteiger partial charge is 0.472 e. The molecule has 3 unspecified atom stereocenters. The van der Waals surface area contributed by atoms with E-state index in [1.54, 1.807) is 0 Å². The van der Waals surface area contributed by atoms with Gasteiger partial charge in [0.1, 0.15) is 12.7 Å². The first-order valence-electron chi connectivity index (χ1n) is 29.6. The summed E-state index contributed by atoms with van der Waals surface area (Å²) in [6.07, 6.45) is 51.7. The van der Waals surface area contributed by atoms with Crippen molar-refractivity contribution in [2.75, 3.05) is 26.4 Å². The van der Waals surface area contributed by atoms with Gasteiger partial charge in [0.15, 0.2) is 6.10 Å². The molecule has 0 saturated heterocycles. The molecule has 2 N–H and O–H groups in total. The molecule has 414 valence electrons. The van der Waals surface area contributed by atoms with Gasteiger partial charge in [0.25, 0.3) is 0 Å². The van der Waals surface area contributed by atoms with Gasteiger partial charge in [-0.2, -0.15) is 0 Å². The maximum Gasteiger partial charge on any atom is 0.472 e. The molecule has 0 aromatic rings. The third-order valence-electron chi connectivity index (χ3n) is 13.2. The molecule has 0 aliphatic rings. The first kappa shape index (κ1) is 68.2. The van der Waals surface area contributed by atoms with Crippen molar-refractivity contribution in [3.05, 3.63) is 12.2 Å². The van der Waals surface area contributed by atoms with Crippen LogP contribution in [0.25, 0.3) is 0 Å². The van der Waals surface area contributed by atoms with Gasteiger partial charge in [-0.3, -0.25) is 23.4 Å². The van der Waals surface area contributed by atoms with Crippen molar-refractivity contribution >= 4 is 25.7 Å². The summed E-state index contributed by atoms with van der Waals surface area (Å²) in [4.78, 5) is 48.5. The summed E-state index contributed by atoms with van der Waals surface area (Å²) in [5.41, 5.74) is 0. The van der Waals surface area contributed by atoms with Crippen molar-refractivity contribution in [3.8, 4) is 0 Å². The van der Waals surface area contributed by atoms with E-state index >= 15 is 0 Å². The van der Waals surface area contributed by atoms with E-state index in [2.05, 4.69) is 32.9 Å². The van der Waals surface area contributed by atoms with Gasteiger partial charge in [-0.05, 0) is 38.5 Å². The number of phosphoric ester groups is 1. The number of esters is 3. The number of rotatable bonds is 56. The summed E-state index contributed by atoms with van der Waals surface area (Å²) in [6, 6.07) is 0. The third-order valence-corrected chi connectivity index (χ3v) is 14.1. The van der Waals surface area contributed by atoms with Crippen molar-refractivity contribution in [1.29, 1.82) is 0 Å². The highest BCUT2D eigenvalue weighted by molar-refractivity contribution is 7.47. The summed E-state index contributed by atoms with van der Waals surface area (Å²) in [6.45, 7) is 4.66. The quantitative estimate of drug-likeness (QED) is 0.0197. The predicted octanol–water partition coefficient (Wildman–Crippen LogP) is 17.3. The fraction of sp³-hybridized carbons (Fsp3) is 0.914. The Morgan fingerprint density at radius 2 is 0.671 bits per heavy atom. The highest BCUT2D eigenvalue weighted by Gasteiger charge is 2.28. The number of allylic oxidation sites excluding steroid dienone is 2. The Morgan fingerprint density at radius 3 is 1.03 bits per heavy atom. The van der Waals surface area contributed by atoms with Crippen molar-refractivity contribution < 1.29 is 52.2 Å². The molecular formula is C58H111O11P. The summed E-state index contributed by atoms with van der Waals surface area (Å²) < 4.78 is 39.5. The molecule has 3 atom stereocenters. The fourth-order valence-corrected chi connectivity index (χ4v) is 9.42. The Labute approximate surface area is 430 Å². The van der Waals surface area contributed by atoms with Gasteiger partial charge in [0.05, 0.1) is 19.8 Å². The van der Waals surface area contributed by atoms with E-state index in [4.69, 9.17) is 23.3 Å². The SMILES string of the molecule is CCCC/C=C\CCCCCCCC(=O)OCC(COP(=O)(O)OCC(CO)OC(=O)CCCCCCCCCCCCCCCCC)OC(=O)CCCCCCCCCCCCCCCCCCC. The molecule has 11 nitrogen and oxygen atoms in total. The summed E-state index contributed by atoms with van der Waals surface area (Å²) in [5.74, 6) is -1.45. The highest BCUT2D eigenvalue weighted by atomic mass is 31.2. The monoisotopic (exact) mass is 1010 g/mol. The van der Waals surface area contributed by atoms with Crippen LogP contribution in [0.1, 0.15) is 303 Å². The van der Waals surface area contributed by atoms with Crippen LogP contribution in [0.15, 0.2) is 12.2 Å². The summed E-state index contributed by atoms with van der Waals surface area (Å²) >= 11 is 0. The minimum absolute atomic E-state index is 0.174. The van der Waals surface area contributed by atoms with Gasteiger partial charge in [-0.15, -0.1) is 0 Å². The summed E-state index contributed by atoms with van der Waals surface area (Å²) in [7, 11) is -4.74. The molecule has 0 rings (SSSR count). The molecule has 0 saturated carbocycles. The van der Waals surface area contributed by atoms with E-state index in [1.807, 2.05) is 0 Å². The number of carbonyl (C=O) groups is 3. The Kier molecular flexibility index (Phi) is 52.1. The van der Waals surface area contributed by atoms with Crippen LogP contribution < -0.4 is 0 Å². The van der Waals surface area contributed by atoms with Crippen LogP contribution in [0.4, 0.5) is 0 Å². The molecule has 0 aliphatic carbocycles. The van der Waals surface area contributed by atoms with E-state index < -0.39 is 57.8 Å². The van der Waals surface area contributed by atoms with Gasteiger partial charge in [0, 0.05) is 19.3 Å². The lowest BCUT2D eigenvalue weighted by molar-refractivity contribution is -0.161. The topological polar surface area (TPSA) is 155 Å². The Bertz CT molecular complexity index is 1230. The van der Waals surface area contributed by atoms with Gasteiger partial charge in [0.2, 0.25) is 0 Å². The van der Waals surface area contributed by atoms with E-state index in [0.29, 0.717) is 19.3 Å². The second kappa shape index (κ2) is 53.5. The Balaban J connectivity index is 4.62. The minimum Gasteiger partial charge on any atom is -0.462 e. The molecule has 0 aromatic heterocycles. The van der Waals surface area contributed by atoms with Gasteiger partial charge >= 0.3 is 25.7 Å². The van der Waals surface area contributed by atoms with E-state index in [0.717, 1.165) is 77.0 Å². The van der Waals surface area contributed by atoms with Gasteiger partial charge < -0.3 is 24.2 Å². The Hall–Kier alpha value is -1.78. The van der Waals surface area contributed by atoms with Crippen LogP contribution >= 0.6 is 7.82 Å². The van der Waals surface area contributed by atoms with E-state index in [9.17, 15) is 28.9 Å². The Morgan fingerprint density at radius 1 is 0.386 bits per heavy atom. The molecule has 0 radical (unpaired) electrons. The zero-order chi connectivity index (χ0) is 51.3. The third kappa shape index (κ3) is 51.1. The lowest BCUT2D eigenvalue weighted by atomic mass is 10.0. The minimum atomic E-state index is -4.74. The molecule has 0 aliphatic heterocycles. The molecule has 0 aromatic carbocycles. The lowest BCUT2D eigenvalue weighted by Gasteiger charge is -2.21. The van der Waals surface area contributed by atoms with Crippen LogP contribution in [-0.4, -0.2) is 66.5 Å². The van der Waals surface area contributed by atoms with Crippen LogP contribution in [0.2, 0.25) is 0 Å². The van der Waals surface area contributed by atoms with Crippen molar-refractivity contribution in [2.45, 2.75) is 315 Å². The lowest BCUT2D eigenvalue weighted by Crippen LogP contribution is -2.30. The number of hydrogen-bond acceptors (Lipinski definition) is 10. The molecular weight excluding hydrogens is 904 g/mol. The number of aliphatic hydroxyl groups excluding tert-OH is 1. The maximum atomic E-state index is 12.9. The van der Waals surface area contributed by atoms with E-state index in [-0.39, 0.29) is 25.9 Å². The number of carbonyl (C=O) groups excluding carboxylic acids is 3. The van der Waals surface area contributed by atoms with Crippen LogP contribution in [-0.2, 0) is 42.2 Å². The van der Waals surface area contributed by atoms with Crippen molar-refractivity contribution in [3.63, 3.8) is 0 Å². The summed E-state index contributed by atoms with van der Waals surface area (Å²) in [5, 5.41) is 9.81. The number of ether oxygens (including phenoxy) is 3. The zero-order valence-corrected chi connectivity index (χ0v) is 46.7. The predicted molar refractivity (Wildman–Crippen MR) is 289 cm³/mol. The second-order valence-electron chi connectivity index (χ2n) is 20.2. The molecule has 70 heavy (non-hydrogen) atoms. The highest BCUT2D eigenvalue weighted by Crippen LogP contribution is 2.43. The van der Waals surface area contributed by atoms with Gasteiger partial charge in [-0.1, -0.05) is 258 Å². The fourth-order valence-electron chi connectivity index (χ4n) is 8.63. The molecule has 0 fully saturated rings. The van der Waals surface area contributed by atoms with Gasteiger partial charge in [-0.25, -0.2) is 4.57 Å². The molecule has 0 bridgehead atoms. The van der Waals surface area contributed by atoms with Crippen LogP contribution in [0, 0.1) is 0 Å². The maximum absolute atomic E-state index is 12.9. The average molecular weight is 1020 g/mol. The van der Waals surface area contributed by atoms with Crippen LogP contribution in [0.5, 0.6) is 0 Å². The number of phosphoric acid groups is 1. The normalized spacial score (nSPS) is 13.4. The second-order valence-corrected chi connectivity index (χ2v) is 21.6. The molecule has 0 spiro atoms. The number of unbranched alkanes of at least 4 members (excludes halogenated alkanes) is 37. The first-order valence-corrected chi connectivity index (χ1v) is 31.1. The number of hydrogen-bond donors (Lipinski definition) is 2. The van der Waals surface area contributed by atoms with Crippen molar-refractivity contribution in [2.24, 2.45) is 0 Å². The van der Waals surface area contributed by atoms with E-state index in [1.165, 1.54) is 167 Å². The van der Waals surface area contributed by atoms with Crippen LogP contribution in [0.3, 0.4) is 0 Å². The first-order chi connectivity index (χ1) is 34.2. The molecule has 12 heteroatoms. The molecule has 0 amide bonds. The smallest absolute Gasteiger partial charge is 0.462 e. The zero-order valence-electron chi connectivity index (χ0n) is 45.8. The number of aliphatic hydroxyl groups is 1.